The first-order valence-corrected chi connectivity index (χ1v) is 7.63. The van der Waals surface area contributed by atoms with E-state index < -0.39 is 22.4 Å². The van der Waals surface area contributed by atoms with Crippen LogP contribution in [0.25, 0.3) is 10.9 Å². The first-order valence-electron chi connectivity index (χ1n) is 6.31. The summed E-state index contributed by atoms with van der Waals surface area (Å²) in [6.07, 6.45) is 0. The third kappa shape index (κ3) is 2.97. The van der Waals surface area contributed by atoms with Gasteiger partial charge >= 0.3 is 0 Å². The number of rotatable bonds is 3. The molecular formula is C16H11F2NOS. The second-order valence-corrected chi connectivity index (χ2v) is 5.97. The average molecular weight is 303 g/mol. The van der Waals surface area contributed by atoms with Crippen LogP contribution >= 0.6 is 0 Å². The first kappa shape index (κ1) is 13.8. The van der Waals surface area contributed by atoms with Crippen molar-refractivity contribution >= 4 is 21.7 Å². The van der Waals surface area contributed by atoms with Crippen molar-refractivity contribution in [2.24, 2.45) is 0 Å². The van der Waals surface area contributed by atoms with Crippen molar-refractivity contribution in [2.45, 2.75) is 10.8 Å². The number of hydrogen-bond acceptors (Lipinski definition) is 2. The topological polar surface area (TPSA) is 30.0 Å². The fourth-order valence-corrected chi connectivity index (χ4v) is 3.11. The highest BCUT2D eigenvalue weighted by Crippen LogP contribution is 2.18. The molecule has 2 nitrogen and oxygen atoms in total. The Bertz CT molecular complexity index is 835. The molecule has 0 bridgehead atoms. The number of para-hydroxylation sites is 1. The number of pyridine rings is 1. The van der Waals surface area contributed by atoms with Crippen LogP contribution in [0.2, 0.25) is 0 Å². The predicted molar refractivity (Wildman–Crippen MR) is 78.2 cm³/mol. The lowest BCUT2D eigenvalue weighted by molar-refractivity contribution is 0.575. The maximum absolute atomic E-state index is 13.6. The minimum absolute atomic E-state index is 0.0303. The number of nitrogens with zero attached hydrogens (tertiary/aromatic N) is 1. The van der Waals surface area contributed by atoms with Crippen LogP contribution in [0.3, 0.4) is 0 Å². The molecule has 0 N–H and O–H groups in total. The Labute approximate surface area is 122 Å². The van der Waals surface area contributed by atoms with E-state index in [-0.39, 0.29) is 11.3 Å². The number of halogens is 2. The molecule has 1 unspecified atom stereocenters. The van der Waals surface area contributed by atoms with E-state index in [0.29, 0.717) is 5.03 Å². The summed E-state index contributed by atoms with van der Waals surface area (Å²) in [7, 11) is -1.48. The highest BCUT2D eigenvalue weighted by molar-refractivity contribution is 7.84. The van der Waals surface area contributed by atoms with Crippen LogP contribution in [-0.2, 0) is 16.6 Å². The molecule has 106 valence electrons. The van der Waals surface area contributed by atoms with Crippen molar-refractivity contribution in [1.29, 1.82) is 0 Å². The monoisotopic (exact) mass is 303 g/mol. The van der Waals surface area contributed by atoms with E-state index in [9.17, 15) is 13.0 Å². The Morgan fingerprint density at radius 2 is 1.81 bits per heavy atom. The third-order valence-electron chi connectivity index (χ3n) is 3.11. The van der Waals surface area contributed by atoms with E-state index in [1.54, 1.807) is 6.07 Å². The van der Waals surface area contributed by atoms with Crippen LogP contribution in [0, 0.1) is 11.6 Å². The molecule has 0 radical (unpaired) electrons. The first-order chi connectivity index (χ1) is 10.1. The summed E-state index contributed by atoms with van der Waals surface area (Å²) in [6, 6.07) is 14.2. The lowest BCUT2D eigenvalue weighted by Crippen LogP contribution is -2.01. The summed E-state index contributed by atoms with van der Waals surface area (Å²) >= 11 is 0. The summed E-state index contributed by atoms with van der Waals surface area (Å²) in [6.45, 7) is 0. The van der Waals surface area contributed by atoms with Crippen LogP contribution in [0.1, 0.15) is 5.56 Å². The van der Waals surface area contributed by atoms with Crippen LogP contribution < -0.4 is 0 Å². The van der Waals surface area contributed by atoms with E-state index in [2.05, 4.69) is 4.98 Å². The summed E-state index contributed by atoms with van der Waals surface area (Å²) in [4.78, 5) is 4.32. The molecule has 5 heteroatoms. The zero-order valence-electron chi connectivity index (χ0n) is 10.9. The number of hydrogen-bond donors (Lipinski definition) is 0. The minimum Gasteiger partial charge on any atom is -0.252 e. The molecule has 1 aromatic heterocycles. The maximum atomic E-state index is 13.6. The van der Waals surface area contributed by atoms with Crippen molar-refractivity contribution in [2.75, 3.05) is 0 Å². The Morgan fingerprint density at radius 1 is 1.00 bits per heavy atom. The fraction of sp³-hybridized carbons (Fsp3) is 0.0625. The lowest BCUT2D eigenvalue weighted by Gasteiger charge is -2.05. The molecule has 0 amide bonds. The van der Waals surface area contributed by atoms with Crippen molar-refractivity contribution in [1.82, 2.24) is 4.98 Å². The van der Waals surface area contributed by atoms with Crippen molar-refractivity contribution < 1.29 is 13.0 Å². The molecule has 0 saturated carbocycles. The van der Waals surface area contributed by atoms with Crippen molar-refractivity contribution in [3.63, 3.8) is 0 Å². The Balaban J connectivity index is 1.89. The standard InChI is InChI=1S/C16H11F2NOS/c17-13-7-5-12(14(18)9-13)10-21(20)16-8-6-11-3-1-2-4-15(11)19-16/h1-9H,10H2. The molecule has 21 heavy (non-hydrogen) atoms. The molecule has 0 spiro atoms. The molecule has 0 aliphatic rings. The second kappa shape index (κ2) is 5.69. The third-order valence-corrected chi connectivity index (χ3v) is 4.37. The minimum atomic E-state index is -1.48. The summed E-state index contributed by atoms with van der Waals surface area (Å²) in [5.41, 5.74) is 0.952. The largest absolute Gasteiger partial charge is 0.252 e. The molecule has 3 aromatic rings. The molecule has 0 aliphatic carbocycles. The molecule has 0 aliphatic heterocycles. The van der Waals surface area contributed by atoms with E-state index in [1.165, 1.54) is 6.07 Å². The van der Waals surface area contributed by atoms with Gasteiger partial charge in [-0.2, -0.15) is 0 Å². The van der Waals surface area contributed by atoms with Gasteiger partial charge in [0.1, 0.15) is 16.7 Å². The van der Waals surface area contributed by atoms with Gasteiger partial charge in [-0.1, -0.05) is 30.3 Å². The molecule has 3 rings (SSSR count). The van der Waals surface area contributed by atoms with Gasteiger partial charge < -0.3 is 0 Å². The van der Waals surface area contributed by atoms with Gasteiger partial charge in [0.05, 0.1) is 22.1 Å². The predicted octanol–water partition coefficient (Wildman–Crippen LogP) is 3.82. The van der Waals surface area contributed by atoms with Gasteiger partial charge in [0.25, 0.3) is 0 Å². The molecular weight excluding hydrogens is 292 g/mol. The molecule has 0 fully saturated rings. The summed E-state index contributed by atoms with van der Waals surface area (Å²) in [5.74, 6) is -1.37. The SMILES string of the molecule is O=S(Cc1ccc(F)cc1F)c1ccc2ccccc2n1. The Morgan fingerprint density at radius 3 is 2.62 bits per heavy atom. The zero-order valence-corrected chi connectivity index (χ0v) is 11.7. The summed E-state index contributed by atoms with van der Waals surface area (Å²) < 4.78 is 38.7. The Kier molecular flexibility index (Phi) is 3.75. The van der Waals surface area contributed by atoms with Crippen molar-refractivity contribution in [3.05, 3.63) is 71.8 Å². The number of benzene rings is 2. The molecule has 1 heterocycles. The number of fused-ring (bicyclic) bond motifs is 1. The smallest absolute Gasteiger partial charge is 0.130 e. The van der Waals surface area contributed by atoms with E-state index in [4.69, 9.17) is 0 Å². The fourth-order valence-electron chi connectivity index (χ4n) is 2.03. The number of aromatic nitrogens is 1. The highest BCUT2D eigenvalue weighted by atomic mass is 32.2. The molecule has 2 aromatic carbocycles. The maximum Gasteiger partial charge on any atom is 0.130 e. The lowest BCUT2D eigenvalue weighted by atomic mass is 10.2. The van der Waals surface area contributed by atoms with Gasteiger partial charge in [-0.3, -0.25) is 4.21 Å². The van der Waals surface area contributed by atoms with Gasteiger partial charge in [0.2, 0.25) is 0 Å². The highest BCUT2D eigenvalue weighted by Gasteiger charge is 2.11. The summed E-state index contributed by atoms with van der Waals surface area (Å²) in [5, 5.41) is 1.34. The normalized spacial score (nSPS) is 12.5. The Hall–Kier alpha value is -2.14. The van der Waals surface area contributed by atoms with Gasteiger partial charge in [0, 0.05) is 17.0 Å². The zero-order chi connectivity index (χ0) is 14.8. The van der Waals surface area contributed by atoms with Crippen LogP contribution in [-0.4, -0.2) is 9.19 Å². The quantitative estimate of drug-likeness (QED) is 0.736. The molecule has 1 atom stereocenters. The van der Waals surface area contributed by atoms with Gasteiger partial charge in [-0.05, 0) is 18.2 Å². The van der Waals surface area contributed by atoms with E-state index in [1.807, 2.05) is 30.3 Å². The van der Waals surface area contributed by atoms with Crippen LogP contribution in [0.5, 0.6) is 0 Å². The van der Waals surface area contributed by atoms with Crippen molar-refractivity contribution in [3.8, 4) is 0 Å². The second-order valence-electron chi connectivity index (χ2n) is 4.57. The van der Waals surface area contributed by atoms with E-state index >= 15 is 0 Å². The van der Waals surface area contributed by atoms with Gasteiger partial charge in [-0.15, -0.1) is 0 Å². The van der Waals surface area contributed by atoms with Crippen LogP contribution in [0.4, 0.5) is 8.78 Å². The van der Waals surface area contributed by atoms with E-state index in [0.717, 1.165) is 23.0 Å². The molecule has 0 saturated heterocycles. The van der Waals surface area contributed by atoms with Gasteiger partial charge in [-0.25, -0.2) is 13.8 Å². The van der Waals surface area contributed by atoms with Crippen LogP contribution in [0.15, 0.2) is 59.6 Å². The van der Waals surface area contributed by atoms with Gasteiger partial charge in [0.15, 0.2) is 0 Å². The average Bonchev–Trinajstić information content (AvgIpc) is 2.49.